The van der Waals surface area contributed by atoms with Crippen LogP contribution in [0.25, 0.3) is 0 Å². The number of aliphatic hydroxyl groups excluding tert-OH is 1. The van der Waals surface area contributed by atoms with Gasteiger partial charge in [-0.1, -0.05) is 30.3 Å². The Bertz CT molecular complexity index is 629. The maximum Gasteiger partial charge on any atom is 0.407 e. The third-order valence-electron chi connectivity index (χ3n) is 4.72. The average molecular weight is 392 g/mol. The highest BCUT2D eigenvalue weighted by Crippen LogP contribution is 2.28. The highest BCUT2D eigenvalue weighted by atomic mass is 16.6. The fraction of sp³-hybridized carbons (Fsp3) is 0.619. The van der Waals surface area contributed by atoms with E-state index >= 15 is 0 Å². The summed E-state index contributed by atoms with van der Waals surface area (Å²) in [6, 6.07) is 9.37. The van der Waals surface area contributed by atoms with Crippen molar-refractivity contribution < 1.29 is 24.2 Å². The summed E-state index contributed by atoms with van der Waals surface area (Å²) >= 11 is 0. The number of hydrogen-bond donors (Lipinski definition) is 3. The van der Waals surface area contributed by atoms with Gasteiger partial charge in [-0.2, -0.15) is 0 Å². The first-order chi connectivity index (χ1) is 13.3. The van der Waals surface area contributed by atoms with Gasteiger partial charge in [0.25, 0.3) is 0 Å². The largest absolute Gasteiger partial charge is 0.445 e. The van der Waals surface area contributed by atoms with Crippen LogP contribution in [0.5, 0.6) is 0 Å². The van der Waals surface area contributed by atoms with Crippen LogP contribution in [0.3, 0.4) is 0 Å². The van der Waals surface area contributed by atoms with E-state index in [2.05, 4.69) is 10.6 Å². The lowest BCUT2D eigenvalue weighted by molar-refractivity contribution is 0.0469. The quantitative estimate of drug-likeness (QED) is 0.690. The summed E-state index contributed by atoms with van der Waals surface area (Å²) in [4.78, 5) is 24.2. The molecular formula is C21H32N2O5. The highest BCUT2D eigenvalue weighted by molar-refractivity contribution is 5.68. The van der Waals surface area contributed by atoms with E-state index in [0.29, 0.717) is 19.3 Å². The van der Waals surface area contributed by atoms with E-state index < -0.39 is 17.8 Å². The SMILES string of the molecule is CC(C)(C)OC(=O)NC1CC[C@@H](NC(=O)OCc2ccccc2)C(CCO)C1. The van der Waals surface area contributed by atoms with Crippen LogP contribution in [0.1, 0.15) is 52.0 Å². The number of rotatable bonds is 6. The zero-order valence-electron chi connectivity index (χ0n) is 16.9. The minimum absolute atomic E-state index is 0.0288. The van der Waals surface area contributed by atoms with Crippen molar-refractivity contribution in [2.75, 3.05) is 6.61 Å². The molecule has 3 atom stereocenters. The molecule has 28 heavy (non-hydrogen) atoms. The van der Waals surface area contributed by atoms with Gasteiger partial charge in [-0.25, -0.2) is 9.59 Å². The number of nitrogens with one attached hydrogen (secondary N) is 2. The summed E-state index contributed by atoms with van der Waals surface area (Å²) in [5.41, 5.74) is 0.380. The standard InChI is InChI=1S/C21H32N2O5/c1-21(2,3)28-20(26)22-17-9-10-18(16(13-17)11-12-24)23-19(25)27-14-15-7-5-4-6-8-15/h4-8,16-18,24H,9-14H2,1-3H3,(H,22,26)(H,23,25)/t16?,17?,18-/m1/s1. The van der Waals surface area contributed by atoms with Gasteiger partial charge in [-0.15, -0.1) is 0 Å². The molecule has 1 saturated carbocycles. The van der Waals surface area contributed by atoms with Crippen molar-refractivity contribution in [3.8, 4) is 0 Å². The first-order valence-electron chi connectivity index (χ1n) is 9.84. The molecule has 156 valence electrons. The van der Waals surface area contributed by atoms with Crippen molar-refractivity contribution in [1.29, 1.82) is 0 Å². The molecule has 1 aliphatic carbocycles. The zero-order valence-corrected chi connectivity index (χ0v) is 16.9. The predicted octanol–water partition coefficient (Wildman–Crippen LogP) is 3.36. The Labute approximate surface area is 166 Å². The molecule has 0 saturated heterocycles. The monoisotopic (exact) mass is 392 g/mol. The summed E-state index contributed by atoms with van der Waals surface area (Å²) in [6.07, 6.45) is 1.75. The van der Waals surface area contributed by atoms with Gasteiger partial charge in [0.15, 0.2) is 0 Å². The molecule has 0 aromatic heterocycles. The van der Waals surface area contributed by atoms with Gasteiger partial charge in [-0.3, -0.25) is 0 Å². The van der Waals surface area contributed by atoms with Crippen molar-refractivity contribution in [2.45, 2.75) is 70.7 Å². The van der Waals surface area contributed by atoms with E-state index in [0.717, 1.165) is 12.0 Å². The molecule has 7 heteroatoms. The maximum atomic E-state index is 12.2. The second-order valence-corrected chi connectivity index (χ2v) is 8.24. The van der Waals surface area contributed by atoms with Crippen LogP contribution in [0, 0.1) is 5.92 Å². The summed E-state index contributed by atoms with van der Waals surface area (Å²) < 4.78 is 10.6. The predicted molar refractivity (Wildman–Crippen MR) is 106 cm³/mol. The molecule has 0 heterocycles. The summed E-state index contributed by atoms with van der Waals surface area (Å²) in [7, 11) is 0. The maximum absolute atomic E-state index is 12.2. The highest BCUT2D eigenvalue weighted by Gasteiger charge is 2.33. The molecule has 0 radical (unpaired) electrons. The molecule has 3 N–H and O–H groups in total. The second kappa shape index (κ2) is 10.3. The van der Waals surface area contributed by atoms with E-state index in [-0.39, 0.29) is 31.2 Å². The molecule has 2 rings (SSSR count). The van der Waals surface area contributed by atoms with Crippen LogP contribution in [-0.4, -0.2) is 41.6 Å². The minimum atomic E-state index is -0.546. The van der Waals surface area contributed by atoms with Crippen LogP contribution in [0.4, 0.5) is 9.59 Å². The minimum Gasteiger partial charge on any atom is -0.445 e. The van der Waals surface area contributed by atoms with Crippen LogP contribution in [0.2, 0.25) is 0 Å². The molecule has 1 aliphatic rings. The molecule has 0 bridgehead atoms. The third kappa shape index (κ3) is 7.76. The van der Waals surface area contributed by atoms with Crippen molar-refractivity contribution in [3.05, 3.63) is 35.9 Å². The van der Waals surface area contributed by atoms with Gasteiger partial charge in [0, 0.05) is 18.7 Å². The number of carbonyl (C=O) groups excluding carboxylic acids is 2. The molecule has 2 unspecified atom stereocenters. The van der Waals surface area contributed by atoms with Crippen molar-refractivity contribution >= 4 is 12.2 Å². The molecule has 0 spiro atoms. The Kier molecular flexibility index (Phi) is 8.11. The average Bonchev–Trinajstić information content (AvgIpc) is 2.61. The van der Waals surface area contributed by atoms with Gasteiger partial charge >= 0.3 is 12.2 Å². The van der Waals surface area contributed by atoms with E-state index in [1.165, 1.54) is 0 Å². The van der Waals surface area contributed by atoms with Gasteiger partial charge in [0.05, 0.1) is 0 Å². The van der Waals surface area contributed by atoms with Crippen LogP contribution in [0.15, 0.2) is 30.3 Å². The summed E-state index contributed by atoms with van der Waals surface area (Å²) in [5.74, 6) is 0.0583. The van der Waals surface area contributed by atoms with Crippen molar-refractivity contribution in [3.63, 3.8) is 0 Å². The molecule has 0 aliphatic heterocycles. The normalized spacial score (nSPS) is 22.2. The lowest BCUT2D eigenvalue weighted by Crippen LogP contribution is -2.49. The van der Waals surface area contributed by atoms with Gasteiger partial charge in [0.2, 0.25) is 0 Å². The van der Waals surface area contributed by atoms with E-state index in [9.17, 15) is 14.7 Å². The van der Waals surface area contributed by atoms with Gasteiger partial charge in [0.1, 0.15) is 12.2 Å². The number of benzene rings is 1. The fourth-order valence-corrected chi connectivity index (χ4v) is 3.46. The Morgan fingerprint density at radius 2 is 1.82 bits per heavy atom. The van der Waals surface area contributed by atoms with Crippen molar-refractivity contribution in [1.82, 2.24) is 10.6 Å². The Hall–Kier alpha value is -2.28. The van der Waals surface area contributed by atoms with E-state index in [1.807, 2.05) is 51.1 Å². The first-order valence-corrected chi connectivity index (χ1v) is 9.84. The first kappa shape index (κ1) is 22.0. The Balaban J connectivity index is 1.82. The smallest absolute Gasteiger partial charge is 0.407 e. The van der Waals surface area contributed by atoms with E-state index in [4.69, 9.17) is 9.47 Å². The number of ether oxygens (including phenoxy) is 2. The Morgan fingerprint density at radius 3 is 2.46 bits per heavy atom. The summed E-state index contributed by atoms with van der Waals surface area (Å²) in [6.45, 7) is 5.71. The number of hydrogen-bond acceptors (Lipinski definition) is 5. The number of alkyl carbamates (subject to hydrolysis) is 2. The molecular weight excluding hydrogens is 360 g/mol. The number of carbonyl (C=O) groups is 2. The van der Waals surface area contributed by atoms with Crippen LogP contribution < -0.4 is 10.6 Å². The van der Waals surface area contributed by atoms with E-state index in [1.54, 1.807) is 0 Å². The van der Waals surface area contributed by atoms with Gasteiger partial charge in [-0.05, 0) is 57.9 Å². The second-order valence-electron chi connectivity index (χ2n) is 8.24. The van der Waals surface area contributed by atoms with Crippen molar-refractivity contribution in [2.24, 2.45) is 5.92 Å². The molecule has 1 fully saturated rings. The lowest BCUT2D eigenvalue weighted by atomic mass is 9.80. The third-order valence-corrected chi connectivity index (χ3v) is 4.72. The number of aliphatic hydroxyl groups is 1. The topological polar surface area (TPSA) is 96.9 Å². The molecule has 1 aromatic carbocycles. The Morgan fingerprint density at radius 1 is 1.11 bits per heavy atom. The molecule has 7 nitrogen and oxygen atoms in total. The lowest BCUT2D eigenvalue weighted by Gasteiger charge is -2.36. The fourth-order valence-electron chi connectivity index (χ4n) is 3.46. The molecule has 2 amide bonds. The van der Waals surface area contributed by atoms with Gasteiger partial charge < -0.3 is 25.2 Å². The summed E-state index contributed by atoms with van der Waals surface area (Å²) in [5, 5.41) is 15.2. The molecule has 1 aromatic rings. The van der Waals surface area contributed by atoms with Crippen LogP contribution >= 0.6 is 0 Å². The van der Waals surface area contributed by atoms with Crippen LogP contribution in [-0.2, 0) is 16.1 Å². The zero-order chi connectivity index (χ0) is 20.6. The number of amides is 2.